The summed E-state index contributed by atoms with van der Waals surface area (Å²) >= 11 is 11.1. The van der Waals surface area contributed by atoms with Crippen molar-refractivity contribution in [2.24, 2.45) is 11.8 Å². The monoisotopic (exact) mass is 733 g/mol. The van der Waals surface area contributed by atoms with Crippen LogP contribution >= 0.6 is 24.2 Å². The van der Waals surface area contributed by atoms with E-state index in [9.17, 15) is 24.3 Å². The quantitative estimate of drug-likeness (QED) is 0.197. The van der Waals surface area contributed by atoms with Crippen LogP contribution in [0.3, 0.4) is 0 Å². The lowest BCUT2D eigenvalue weighted by atomic mass is 9.82. The van der Waals surface area contributed by atoms with Crippen LogP contribution in [0.4, 0.5) is 10.5 Å². The van der Waals surface area contributed by atoms with Crippen LogP contribution in [0.25, 0.3) is 0 Å². The number of epoxide rings is 1. The van der Waals surface area contributed by atoms with Gasteiger partial charge in [-0.15, -0.1) is 0 Å². The van der Waals surface area contributed by atoms with Crippen LogP contribution in [0.2, 0.25) is 5.02 Å². The van der Waals surface area contributed by atoms with Crippen molar-refractivity contribution >= 4 is 53.8 Å². The van der Waals surface area contributed by atoms with Crippen LogP contribution in [-0.2, 0) is 35.0 Å². The molecule has 0 radical (unpaired) electrons. The topological polar surface area (TPSA) is 138 Å². The first-order chi connectivity index (χ1) is 23.3. The first-order valence-corrected chi connectivity index (χ1v) is 18.1. The van der Waals surface area contributed by atoms with Gasteiger partial charge in [-0.25, -0.2) is 9.59 Å². The molecule has 0 spiro atoms. The minimum atomic E-state index is -1.59. The number of likely N-dealkylation sites (N-methyl/N-ethyl adjacent to an activating group) is 1. The molecule has 3 amide bonds. The molecule has 1 aromatic carbocycles. The highest BCUT2D eigenvalue weighted by molar-refractivity contribution is 7.80. The molecule has 3 aliphatic rings. The van der Waals surface area contributed by atoms with E-state index in [1.54, 1.807) is 27.9 Å². The minimum Gasteiger partial charge on any atom is -0.457 e. The molecule has 0 aromatic heterocycles. The lowest BCUT2D eigenvalue weighted by Crippen LogP contribution is -2.60. The number of anilines is 1. The molecular weight excluding hydrogens is 682 g/mol. The molecule has 13 heteroatoms. The zero-order valence-electron chi connectivity index (χ0n) is 30.5. The highest BCUT2D eigenvalue weighted by atomic mass is 35.5. The Kier molecular flexibility index (Phi) is 12.5. The van der Waals surface area contributed by atoms with Gasteiger partial charge >= 0.3 is 12.1 Å². The van der Waals surface area contributed by atoms with E-state index < -0.39 is 59.6 Å². The molecule has 0 aliphatic carbocycles. The maximum absolute atomic E-state index is 14.0. The Bertz CT molecular complexity index is 1550. The van der Waals surface area contributed by atoms with Crippen molar-refractivity contribution in [1.82, 2.24) is 10.2 Å². The van der Waals surface area contributed by atoms with E-state index in [1.807, 2.05) is 65.0 Å². The van der Waals surface area contributed by atoms with Crippen molar-refractivity contribution in [3.63, 3.8) is 0 Å². The second-order valence-corrected chi connectivity index (χ2v) is 15.8. The number of hydrogen-bond acceptors (Lipinski definition) is 9. The lowest BCUT2D eigenvalue weighted by molar-refractivity contribution is -0.162. The summed E-state index contributed by atoms with van der Waals surface area (Å²) in [7, 11) is 3.17. The maximum atomic E-state index is 14.0. The summed E-state index contributed by atoms with van der Waals surface area (Å²) in [6.45, 7) is 12.7. The highest BCUT2D eigenvalue weighted by Gasteiger charge is 2.64. The molecule has 3 aliphatic heterocycles. The van der Waals surface area contributed by atoms with Gasteiger partial charge in [0.05, 0.1) is 23.2 Å². The molecule has 4 rings (SSSR count). The minimum absolute atomic E-state index is 0.0218. The molecule has 2 fully saturated rings. The molecule has 3 heterocycles. The molecule has 2 unspecified atom stereocenters. The van der Waals surface area contributed by atoms with Crippen molar-refractivity contribution in [3.8, 4) is 0 Å². The molecule has 2 N–H and O–H groups in total. The Morgan fingerprint density at radius 2 is 1.92 bits per heavy atom. The van der Waals surface area contributed by atoms with Gasteiger partial charge in [-0.1, -0.05) is 62.2 Å². The number of alkyl carbamates (subject to hydrolysis) is 1. The van der Waals surface area contributed by atoms with Gasteiger partial charge in [0, 0.05) is 38.8 Å². The second kappa shape index (κ2) is 15.7. The molecule has 50 heavy (non-hydrogen) atoms. The number of esters is 1. The third-order valence-electron chi connectivity index (χ3n) is 10.4. The number of carbonyl (C=O) groups excluding carboxylic acids is 4. The number of amides is 3. The maximum Gasteiger partial charge on any atom is 0.409 e. The Hall–Kier alpha value is -3.06. The Morgan fingerprint density at radius 1 is 1.24 bits per heavy atom. The Morgan fingerprint density at radius 3 is 2.58 bits per heavy atom. The fourth-order valence-electron chi connectivity index (χ4n) is 6.67. The van der Waals surface area contributed by atoms with E-state index in [-0.39, 0.29) is 36.3 Å². The normalized spacial score (nSPS) is 33.1. The van der Waals surface area contributed by atoms with Gasteiger partial charge in [0.25, 0.3) is 0 Å². The number of halogens is 1. The number of nitrogens with zero attached hydrogens (tertiary/aromatic N) is 2. The van der Waals surface area contributed by atoms with Gasteiger partial charge in [0.2, 0.25) is 11.8 Å². The standard InChI is InChI=1S/C37H52ClN3O8S/c1-20-11-10-12-22(3)37(46)19-28(47-35(45)39-37)24(5)33-36(7,49-33)29(48-34(44)25(6)40(8)30(42)14-13-23(4)50)18-31(43)41(9)27-17-26(15-20)16-21(2)32(27)38/h10-12,16-17,22-25,28-29,33,46,50H,13-15,18-19H2,1-9H3,(H,39,45)/b12-10+,20-11+/t22-,23?,24-,25+,28?,29+,33+,36+,37+/m1/s1. The number of allylic oxidation sites excluding steroid dienone is 3. The third-order valence-corrected chi connectivity index (χ3v) is 11.2. The van der Waals surface area contributed by atoms with Gasteiger partial charge in [-0.3, -0.25) is 14.9 Å². The molecular formula is C37H52ClN3O8S. The van der Waals surface area contributed by atoms with Crippen molar-refractivity contribution in [1.29, 1.82) is 0 Å². The summed E-state index contributed by atoms with van der Waals surface area (Å²) in [4.78, 5) is 56.1. The van der Waals surface area contributed by atoms with E-state index in [2.05, 4.69) is 17.9 Å². The summed E-state index contributed by atoms with van der Waals surface area (Å²) in [5.74, 6) is -2.21. The van der Waals surface area contributed by atoms with E-state index in [4.69, 9.17) is 25.8 Å². The lowest BCUT2D eigenvalue weighted by Gasteiger charge is -2.41. The average Bonchev–Trinajstić information content (AvgIpc) is 3.74. The number of carbonyl (C=O) groups is 4. The SMILES string of the molecule is C/C1=C\C=C\[C@@H](C)[C@@]2(O)CC(OC(=O)N2)[C@@H](C)[C@@H]2O[C@@]2(C)[C@@H](OC(=O)[C@H](C)N(C)C(=O)CCC(C)S)CC(=O)N(C)c2cc(cc(C)c2Cl)C1. The average molecular weight is 734 g/mol. The first-order valence-electron chi connectivity index (χ1n) is 17.2. The van der Waals surface area contributed by atoms with Gasteiger partial charge in [0.15, 0.2) is 0 Å². The number of aryl methyl sites for hydroxylation is 1. The smallest absolute Gasteiger partial charge is 0.409 e. The largest absolute Gasteiger partial charge is 0.457 e. The number of nitrogens with one attached hydrogen (secondary N) is 1. The zero-order valence-corrected chi connectivity index (χ0v) is 32.1. The molecule has 4 bridgehead atoms. The van der Waals surface area contributed by atoms with E-state index in [1.165, 1.54) is 9.80 Å². The van der Waals surface area contributed by atoms with Crippen molar-refractivity contribution in [2.75, 3.05) is 19.0 Å². The van der Waals surface area contributed by atoms with Crippen LogP contribution < -0.4 is 10.2 Å². The molecule has 0 saturated carbocycles. The summed E-state index contributed by atoms with van der Waals surface area (Å²) in [5, 5.41) is 14.7. The zero-order chi connectivity index (χ0) is 37.3. The van der Waals surface area contributed by atoms with Crippen molar-refractivity contribution in [2.45, 2.75) is 121 Å². The second-order valence-electron chi connectivity index (χ2n) is 14.5. The third kappa shape index (κ3) is 8.86. The highest BCUT2D eigenvalue weighted by Crippen LogP contribution is 2.49. The van der Waals surface area contributed by atoms with E-state index in [0.29, 0.717) is 23.6 Å². The summed E-state index contributed by atoms with van der Waals surface area (Å²) in [6, 6.07) is 2.91. The number of thiol groups is 1. The number of aliphatic hydroxyl groups is 1. The molecule has 2 saturated heterocycles. The number of rotatable bonds is 6. The van der Waals surface area contributed by atoms with Crippen LogP contribution in [0, 0.1) is 18.8 Å². The number of fused-ring (bicyclic) bond motifs is 5. The fraction of sp³-hybridized carbons (Fsp3) is 0.622. The predicted octanol–water partition coefficient (Wildman–Crippen LogP) is 5.53. The molecule has 9 atom stereocenters. The van der Waals surface area contributed by atoms with Crippen molar-refractivity contribution in [3.05, 3.63) is 52.1 Å². The van der Waals surface area contributed by atoms with E-state index in [0.717, 1.165) is 16.7 Å². The molecule has 11 nitrogen and oxygen atoms in total. The molecule has 276 valence electrons. The molecule has 1 aromatic rings. The van der Waals surface area contributed by atoms with Crippen LogP contribution in [0.5, 0.6) is 0 Å². The van der Waals surface area contributed by atoms with Gasteiger partial charge in [-0.2, -0.15) is 12.6 Å². The summed E-state index contributed by atoms with van der Waals surface area (Å²) in [5.41, 5.74) is 0.542. The van der Waals surface area contributed by atoms with E-state index >= 15 is 0 Å². The van der Waals surface area contributed by atoms with Gasteiger partial charge in [0.1, 0.15) is 29.6 Å². The Balaban J connectivity index is 1.72. The predicted molar refractivity (Wildman–Crippen MR) is 195 cm³/mol. The number of ether oxygens (including phenoxy) is 3. The number of hydrogen-bond donors (Lipinski definition) is 3. The van der Waals surface area contributed by atoms with Crippen LogP contribution in [0.15, 0.2) is 35.9 Å². The Labute approximate surface area is 306 Å². The fourth-order valence-corrected chi connectivity index (χ4v) is 7.03. The van der Waals surface area contributed by atoms with Gasteiger partial charge < -0.3 is 29.1 Å². The summed E-state index contributed by atoms with van der Waals surface area (Å²) < 4.78 is 18.0. The van der Waals surface area contributed by atoms with Crippen LogP contribution in [-0.4, -0.2) is 88.9 Å². The van der Waals surface area contributed by atoms with Crippen molar-refractivity contribution < 1.29 is 38.5 Å². The first kappa shape index (κ1) is 39.7. The summed E-state index contributed by atoms with van der Waals surface area (Å²) in [6.07, 6.45) is 3.64. The van der Waals surface area contributed by atoms with Gasteiger partial charge in [-0.05, 0) is 63.0 Å². The number of benzene rings is 1. The van der Waals surface area contributed by atoms with Crippen LogP contribution in [0.1, 0.15) is 78.4 Å².